The van der Waals surface area contributed by atoms with Gasteiger partial charge in [0.15, 0.2) is 0 Å². The van der Waals surface area contributed by atoms with Gasteiger partial charge in [0.2, 0.25) is 0 Å². The number of fused-ring (bicyclic) bond motifs is 1. The van der Waals surface area contributed by atoms with Crippen molar-refractivity contribution >= 4 is 10.9 Å². The number of nitrogens with one attached hydrogen (secondary N) is 1. The zero-order chi connectivity index (χ0) is 10.3. The molecule has 0 bridgehead atoms. The van der Waals surface area contributed by atoms with E-state index in [2.05, 4.69) is 4.98 Å². The largest absolute Gasteiger partial charge is 0.322 e. The van der Waals surface area contributed by atoms with Crippen molar-refractivity contribution in [1.82, 2.24) is 4.98 Å². The molecule has 3 heteroatoms. The summed E-state index contributed by atoms with van der Waals surface area (Å²) in [6.07, 6.45) is 0. The lowest BCUT2D eigenvalue weighted by Gasteiger charge is -2.04. The average molecular weight is 191 g/mol. The zero-order valence-corrected chi connectivity index (χ0v) is 8.02. The lowest BCUT2D eigenvalue weighted by Crippen LogP contribution is -2.11. The molecule has 0 saturated carbocycles. The van der Waals surface area contributed by atoms with Crippen molar-refractivity contribution in [3.8, 4) is 0 Å². The van der Waals surface area contributed by atoms with E-state index in [4.69, 9.17) is 0 Å². The van der Waals surface area contributed by atoms with Gasteiger partial charge < -0.3 is 4.98 Å². The summed E-state index contributed by atoms with van der Waals surface area (Å²) in [6.45, 7) is 3.56. The lowest BCUT2D eigenvalue weighted by molar-refractivity contribution is 0.629. The molecule has 0 fully saturated rings. The van der Waals surface area contributed by atoms with Crippen LogP contribution < -0.4 is 5.56 Å². The Bertz CT molecular complexity index is 557. The molecule has 0 atom stereocenters. The van der Waals surface area contributed by atoms with Gasteiger partial charge in [-0.15, -0.1) is 0 Å². The predicted molar refractivity (Wildman–Crippen MR) is 54.0 cm³/mol. The number of halogens is 1. The average Bonchev–Trinajstić information content (AvgIpc) is 2.16. The third kappa shape index (κ3) is 1.21. The first-order valence-electron chi connectivity index (χ1n) is 4.38. The highest BCUT2D eigenvalue weighted by Gasteiger charge is 2.05. The van der Waals surface area contributed by atoms with Crippen molar-refractivity contribution in [2.75, 3.05) is 0 Å². The number of benzene rings is 1. The highest BCUT2D eigenvalue weighted by Crippen LogP contribution is 2.17. The molecule has 72 valence electrons. The summed E-state index contributed by atoms with van der Waals surface area (Å²) in [4.78, 5) is 14.1. The monoisotopic (exact) mass is 191 g/mol. The van der Waals surface area contributed by atoms with E-state index in [0.717, 1.165) is 10.9 Å². The van der Waals surface area contributed by atoms with Crippen LogP contribution in [0.1, 0.15) is 11.1 Å². The fourth-order valence-corrected chi connectivity index (χ4v) is 1.52. The van der Waals surface area contributed by atoms with Gasteiger partial charge in [0.25, 0.3) is 5.56 Å². The van der Waals surface area contributed by atoms with E-state index < -0.39 is 0 Å². The second-order valence-corrected chi connectivity index (χ2v) is 3.39. The van der Waals surface area contributed by atoms with Crippen molar-refractivity contribution in [3.63, 3.8) is 0 Å². The Labute approximate surface area is 80.4 Å². The van der Waals surface area contributed by atoms with Crippen LogP contribution in [-0.4, -0.2) is 4.98 Å². The molecule has 1 N–H and O–H groups in total. The van der Waals surface area contributed by atoms with Gasteiger partial charge in [0.05, 0.1) is 0 Å². The van der Waals surface area contributed by atoms with Gasteiger partial charge >= 0.3 is 0 Å². The van der Waals surface area contributed by atoms with E-state index in [-0.39, 0.29) is 11.4 Å². The molecule has 14 heavy (non-hydrogen) atoms. The van der Waals surface area contributed by atoms with Crippen LogP contribution in [0.4, 0.5) is 4.39 Å². The number of pyridine rings is 1. The Kier molecular flexibility index (Phi) is 1.88. The van der Waals surface area contributed by atoms with Crippen LogP contribution in [0, 0.1) is 19.7 Å². The van der Waals surface area contributed by atoms with Crippen LogP contribution in [0.2, 0.25) is 0 Å². The molecule has 0 unspecified atom stereocenters. The molecule has 2 nitrogen and oxygen atoms in total. The van der Waals surface area contributed by atoms with Crippen LogP contribution in [0.15, 0.2) is 23.0 Å². The van der Waals surface area contributed by atoms with E-state index in [1.165, 1.54) is 12.1 Å². The highest BCUT2D eigenvalue weighted by atomic mass is 19.1. The van der Waals surface area contributed by atoms with Gasteiger partial charge in [-0.3, -0.25) is 4.79 Å². The molecule has 2 rings (SSSR count). The van der Waals surface area contributed by atoms with Gasteiger partial charge in [0.1, 0.15) is 5.82 Å². The number of aryl methyl sites for hydroxylation is 1. The van der Waals surface area contributed by atoms with Crippen LogP contribution in [0.3, 0.4) is 0 Å². The van der Waals surface area contributed by atoms with Crippen molar-refractivity contribution in [2.45, 2.75) is 13.8 Å². The maximum absolute atomic E-state index is 13.0. The molecule has 0 amide bonds. The zero-order valence-electron chi connectivity index (χ0n) is 8.02. The lowest BCUT2D eigenvalue weighted by atomic mass is 10.1. The smallest absolute Gasteiger partial charge is 0.251 e. The maximum Gasteiger partial charge on any atom is 0.251 e. The molecule has 0 radical (unpaired) electrons. The van der Waals surface area contributed by atoms with Gasteiger partial charge in [-0.25, -0.2) is 4.39 Å². The normalized spacial score (nSPS) is 10.8. The number of rotatable bonds is 0. The predicted octanol–water partition coefficient (Wildman–Crippen LogP) is 2.28. The first-order valence-corrected chi connectivity index (χ1v) is 4.38. The first-order chi connectivity index (χ1) is 6.59. The van der Waals surface area contributed by atoms with E-state index in [1.54, 1.807) is 13.0 Å². The Morgan fingerprint density at radius 1 is 1.21 bits per heavy atom. The maximum atomic E-state index is 13.0. The second kappa shape index (κ2) is 2.94. The highest BCUT2D eigenvalue weighted by molar-refractivity contribution is 5.82. The molecule has 1 aromatic carbocycles. The summed E-state index contributed by atoms with van der Waals surface area (Å²) in [5, 5.41) is 0.766. The van der Waals surface area contributed by atoms with E-state index >= 15 is 0 Å². The molecule has 0 aliphatic rings. The van der Waals surface area contributed by atoms with Gasteiger partial charge in [-0.1, -0.05) is 0 Å². The molecule has 0 aliphatic heterocycles. The molecule has 0 saturated heterocycles. The number of hydrogen-bond acceptors (Lipinski definition) is 1. The number of aromatic amines is 1. The van der Waals surface area contributed by atoms with Gasteiger partial charge in [-0.05, 0) is 37.6 Å². The summed E-state index contributed by atoms with van der Waals surface area (Å²) in [7, 11) is 0. The minimum atomic E-state index is -0.285. The molecule has 2 aromatic rings. The van der Waals surface area contributed by atoms with Crippen LogP contribution in [0.25, 0.3) is 10.9 Å². The molecule has 1 aromatic heterocycles. The number of H-pyrrole nitrogens is 1. The minimum absolute atomic E-state index is 0.110. The fraction of sp³-hybridized carbons (Fsp3) is 0.182. The van der Waals surface area contributed by atoms with Crippen LogP contribution in [-0.2, 0) is 0 Å². The quantitative estimate of drug-likeness (QED) is 0.680. The second-order valence-electron chi connectivity index (χ2n) is 3.39. The van der Waals surface area contributed by atoms with Gasteiger partial charge in [-0.2, -0.15) is 0 Å². The Balaban J connectivity index is 2.99. The molecule has 1 heterocycles. The summed E-state index contributed by atoms with van der Waals surface area (Å²) in [5.41, 5.74) is 2.05. The van der Waals surface area contributed by atoms with E-state index in [9.17, 15) is 9.18 Å². The Morgan fingerprint density at radius 2 is 1.93 bits per heavy atom. The van der Waals surface area contributed by atoms with Crippen molar-refractivity contribution in [1.29, 1.82) is 0 Å². The van der Waals surface area contributed by atoms with Gasteiger partial charge in [0, 0.05) is 16.5 Å². The van der Waals surface area contributed by atoms with E-state index in [1.807, 2.05) is 6.92 Å². The van der Waals surface area contributed by atoms with Crippen molar-refractivity contribution < 1.29 is 4.39 Å². The molecular weight excluding hydrogens is 181 g/mol. The fourth-order valence-electron chi connectivity index (χ4n) is 1.52. The first kappa shape index (κ1) is 8.94. The summed E-state index contributed by atoms with van der Waals surface area (Å²) in [5.74, 6) is -0.285. The van der Waals surface area contributed by atoms with Crippen molar-refractivity contribution in [3.05, 3.63) is 45.5 Å². The molecule has 0 spiro atoms. The molecular formula is C11H10FNO. The SMILES string of the molecule is Cc1c(C)c2cc(F)ccc2[nH]c1=O. The Morgan fingerprint density at radius 3 is 2.64 bits per heavy atom. The number of hydrogen-bond donors (Lipinski definition) is 1. The third-order valence-corrected chi connectivity index (χ3v) is 2.54. The Hall–Kier alpha value is -1.64. The standard InChI is InChI=1S/C11H10FNO/c1-6-7(2)11(14)13-10-4-3-8(12)5-9(6)10/h3-5H,1-2H3,(H,13,14). The molecule has 0 aliphatic carbocycles. The third-order valence-electron chi connectivity index (χ3n) is 2.54. The van der Waals surface area contributed by atoms with Crippen LogP contribution in [0.5, 0.6) is 0 Å². The van der Waals surface area contributed by atoms with Crippen LogP contribution >= 0.6 is 0 Å². The summed E-state index contributed by atoms with van der Waals surface area (Å²) >= 11 is 0. The summed E-state index contributed by atoms with van der Waals surface area (Å²) < 4.78 is 13.0. The minimum Gasteiger partial charge on any atom is -0.322 e. The van der Waals surface area contributed by atoms with E-state index in [0.29, 0.717) is 11.1 Å². The van der Waals surface area contributed by atoms with Crippen molar-refractivity contribution in [2.24, 2.45) is 0 Å². The summed E-state index contributed by atoms with van der Waals surface area (Å²) in [6, 6.07) is 4.36. The topological polar surface area (TPSA) is 32.9 Å². The number of aromatic nitrogens is 1.